The molecule has 0 fully saturated rings. The Balaban J connectivity index is 0.00000432. The van der Waals surface area contributed by atoms with Crippen LogP contribution in [0.2, 0.25) is 0 Å². The molecule has 6 heteroatoms. The molecule has 0 aliphatic heterocycles. The van der Waals surface area contributed by atoms with Crippen molar-refractivity contribution in [2.45, 2.75) is 74.1 Å². The molecule has 4 aromatic carbocycles. The number of pyridine rings is 1. The number of benzene rings is 4. The molecule has 0 unspecified atom stereocenters. The molecule has 0 aliphatic carbocycles. The molecule has 256 valence electrons. The standard InChI is InChI=1S/C44H44N4O.Pt/c1-8-12-32-15-18-40-39(26-32)38-17-16-36(28-41(38)47(40)42-23-29(2)20-22-45-42)49-37-25-33(19-21-44(5,6)7)24-35(27-37)48-31(4)43(30(3)46-48)34-13-10-9-11-14-34;/h9-11,13-18,20,22-26H,8,12,19,21H2,1-7H3;/q-2;+2. The molecule has 3 aromatic heterocycles. The van der Waals surface area contributed by atoms with Gasteiger partial charge in [0.25, 0.3) is 0 Å². The summed E-state index contributed by atoms with van der Waals surface area (Å²) >= 11 is 0. The maximum Gasteiger partial charge on any atom is 2.00 e. The van der Waals surface area contributed by atoms with Gasteiger partial charge >= 0.3 is 21.1 Å². The van der Waals surface area contributed by atoms with Crippen molar-refractivity contribution >= 4 is 21.8 Å². The largest absolute Gasteiger partial charge is 2.00 e. The van der Waals surface area contributed by atoms with Crippen molar-refractivity contribution in [2.75, 3.05) is 0 Å². The van der Waals surface area contributed by atoms with Gasteiger partial charge in [0.05, 0.1) is 5.69 Å². The first-order valence-electron chi connectivity index (χ1n) is 17.4. The first-order chi connectivity index (χ1) is 23.6. The van der Waals surface area contributed by atoms with E-state index in [4.69, 9.17) is 14.8 Å². The predicted octanol–water partition coefficient (Wildman–Crippen LogP) is 11.3. The summed E-state index contributed by atoms with van der Waals surface area (Å²) in [5.41, 5.74) is 11.2. The van der Waals surface area contributed by atoms with E-state index in [9.17, 15) is 0 Å². The average molecular weight is 840 g/mol. The topological polar surface area (TPSA) is 44.9 Å². The predicted molar refractivity (Wildman–Crippen MR) is 201 cm³/mol. The molecular formula is C44H44N4OPt. The van der Waals surface area contributed by atoms with Crippen LogP contribution in [0.4, 0.5) is 0 Å². The van der Waals surface area contributed by atoms with Gasteiger partial charge in [-0.05, 0) is 91.4 Å². The van der Waals surface area contributed by atoms with Crippen LogP contribution in [0, 0.1) is 38.3 Å². The normalized spacial score (nSPS) is 11.7. The van der Waals surface area contributed by atoms with Gasteiger partial charge in [-0.25, -0.2) is 4.98 Å². The van der Waals surface area contributed by atoms with E-state index in [0.717, 1.165) is 81.7 Å². The molecule has 5 nitrogen and oxygen atoms in total. The first kappa shape index (κ1) is 35.4. The molecule has 50 heavy (non-hydrogen) atoms. The smallest absolute Gasteiger partial charge is 0.509 e. The Labute approximate surface area is 310 Å². The maximum atomic E-state index is 6.67. The monoisotopic (exact) mass is 839 g/mol. The molecule has 0 saturated carbocycles. The van der Waals surface area contributed by atoms with E-state index >= 15 is 0 Å². The van der Waals surface area contributed by atoms with Crippen LogP contribution in [0.15, 0.2) is 91.1 Å². The molecule has 0 radical (unpaired) electrons. The van der Waals surface area contributed by atoms with Crippen molar-refractivity contribution in [3.63, 3.8) is 0 Å². The van der Waals surface area contributed by atoms with Crippen molar-refractivity contribution in [3.8, 4) is 34.1 Å². The van der Waals surface area contributed by atoms with Crippen LogP contribution in [0.3, 0.4) is 0 Å². The zero-order valence-corrected chi connectivity index (χ0v) is 32.3. The van der Waals surface area contributed by atoms with Crippen molar-refractivity contribution in [1.82, 2.24) is 19.3 Å². The number of hydrogen-bond donors (Lipinski definition) is 0. The minimum atomic E-state index is 0. The SMILES string of the molecule is CCCc1ccc2c(c1)c1ccc(Oc3[c-]c(-n4nc(C)c(-c5ccccc5)c4C)cc(CCC(C)(C)C)c3)[c-]c1n2-c1cc(C)ccn1.[Pt+2]. The number of fused-ring (bicyclic) bond motifs is 3. The number of aryl methyl sites for hydroxylation is 4. The number of hydrogen-bond acceptors (Lipinski definition) is 3. The summed E-state index contributed by atoms with van der Waals surface area (Å²) in [4.78, 5) is 4.78. The second-order valence-corrected chi connectivity index (χ2v) is 14.4. The minimum Gasteiger partial charge on any atom is -0.509 e. The zero-order valence-electron chi connectivity index (χ0n) is 30.0. The molecular weight excluding hydrogens is 796 g/mol. The third-order valence-corrected chi connectivity index (χ3v) is 9.24. The summed E-state index contributed by atoms with van der Waals surface area (Å²) in [5, 5.41) is 7.33. The summed E-state index contributed by atoms with van der Waals surface area (Å²) < 4.78 is 10.9. The van der Waals surface area contributed by atoms with E-state index in [1.807, 2.05) is 29.1 Å². The fraction of sp³-hybridized carbons (Fsp3) is 0.273. The molecule has 0 amide bonds. The Bertz CT molecular complexity index is 2290. The quantitative estimate of drug-likeness (QED) is 0.136. The fourth-order valence-corrected chi connectivity index (χ4v) is 6.79. The number of nitrogens with zero attached hydrogens (tertiary/aromatic N) is 4. The van der Waals surface area contributed by atoms with Crippen molar-refractivity contribution in [2.24, 2.45) is 5.41 Å². The van der Waals surface area contributed by atoms with Crippen molar-refractivity contribution in [1.29, 1.82) is 0 Å². The van der Waals surface area contributed by atoms with Gasteiger partial charge in [0, 0.05) is 34.5 Å². The van der Waals surface area contributed by atoms with Gasteiger partial charge in [0.15, 0.2) is 0 Å². The van der Waals surface area contributed by atoms with Crippen LogP contribution in [0.5, 0.6) is 11.5 Å². The number of ether oxygens (including phenoxy) is 1. The molecule has 7 rings (SSSR count). The maximum absolute atomic E-state index is 6.67. The van der Waals surface area contributed by atoms with Crippen LogP contribution in [0.25, 0.3) is 44.4 Å². The Kier molecular flexibility index (Phi) is 10.2. The minimum absolute atomic E-state index is 0. The van der Waals surface area contributed by atoms with Gasteiger partial charge in [0.2, 0.25) is 0 Å². The average Bonchev–Trinajstić information content (AvgIpc) is 3.56. The molecule has 3 heterocycles. The van der Waals surface area contributed by atoms with Gasteiger partial charge in [-0.1, -0.05) is 82.1 Å². The number of rotatable bonds is 9. The van der Waals surface area contributed by atoms with E-state index in [-0.39, 0.29) is 26.5 Å². The molecule has 0 saturated heterocycles. The van der Waals surface area contributed by atoms with Crippen LogP contribution < -0.4 is 4.74 Å². The van der Waals surface area contributed by atoms with Crippen molar-refractivity contribution < 1.29 is 25.8 Å². The van der Waals surface area contributed by atoms with E-state index < -0.39 is 0 Å². The molecule has 0 bridgehead atoms. The van der Waals surface area contributed by atoms with Gasteiger partial charge in [-0.15, -0.1) is 35.7 Å². The Morgan fingerprint density at radius 3 is 2.32 bits per heavy atom. The summed E-state index contributed by atoms with van der Waals surface area (Å²) in [7, 11) is 0. The summed E-state index contributed by atoms with van der Waals surface area (Å²) in [6.07, 6.45) is 5.98. The fourth-order valence-electron chi connectivity index (χ4n) is 6.79. The van der Waals surface area contributed by atoms with Crippen LogP contribution >= 0.6 is 0 Å². The first-order valence-corrected chi connectivity index (χ1v) is 17.4. The van der Waals surface area contributed by atoms with Crippen LogP contribution in [-0.2, 0) is 33.9 Å². The van der Waals surface area contributed by atoms with Crippen LogP contribution in [-0.4, -0.2) is 19.3 Å². The molecule has 7 aromatic rings. The van der Waals surface area contributed by atoms with Crippen LogP contribution in [0.1, 0.15) is 68.6 Å². The molecule has 0 atom stereocenters. The summed E-state index contributed by atoms with van der Waals surface area (Å²) in [6.45, 7) is 15.4. The third-order valence-electron chi connectivity index (χ3n) is 9.24. The van der Waals surface area contributed by atoms with E-state index in [1.54, 1.807) is 0 Å². The molecule has 0 spiro atoms. The van der Waals surface area contributed by atoms with E-state index in [0.29, 0.717) is 11.5 Å². The zero-order chi connectivity index (χ0) is 34.3. The Morgan fingerprint density at radius 1 is 0.780 bits per heavy atom. The van der Waals surface area contributed by atoms with Gasteiger partial charge in [-0.3, -0.25) is 4.68 Å². The van der Waals surface area contributed by atoms with Gasteiger partial charge in [-0.2, -0.15) is 16.7 Å². The summed E-state index contributed by atoms with van der Waals surface area (Å²) in [6, 6.07) is 37.1. The molecule has 0 N–H and O–H groups in total. The Morgan fingerprint density at radius 2 is 1.58 bits per heavy atom. The van der Waals surface area contributed by atoms with Gasteiger partial charge in [0.1, 0.15) is 5.82 Å². The molecule has 0 aliphatic rings. The second-order valence-electron chi connectivity index (χ2n) is 14.4. The number of aromatic nitrogens is 4. The van der Waals surface area contributed by atoms with Crippen molar-refractivity contribution in [3.05, 3.63) is 131 Å². The van der Waals surface area contributed by atoms with E-state index in [2.05, 4.69) is 132 Å². The van der Waals surface area contributed by atoms with E-state index in [1.165, 1.54) is 16.5 Å². The summed E-state index contributed by atoms with van der Waals surface area (Å²) in [5.74, 6) is 2.15. The second kappa shape index (κ2) is 14.4. The third kappa shape index (κ3) is 7.21. The Hall–Kier alpha value is -4.47. The van der Waals surface area contributed by atoms with Gasteiger partial charge < -0.3 is 9.30 Å².